The zero-order valence-electron chi connectivity index (χ0n) is 17.1. The molecule has 29 heavy (non-hydrogen) atoms. The predicted octanol–water partition coefficient (Wildman–Crippen LogP) is 4.17. The van der Waals surface area contributed by atoms with Gasteiger partial charge in [-0.1, -0.05) is 12.1 Å². The van der Waals surface area contributed by atoms with Crippen LogP contribution in [0.15, 0.2) is 30.3 Å². The van der Waals surface area contributed by atoms with E-state index in [4.69, 9.17) is 15.8 Å². The molecule has 0 bridgehead atoms. The number of nitrogens with zero attached hydrogens (tertiary/aromatic N) is 4. The van der Waals surface area contributed by atoms with Gasteiger partial charge < -0.3 is 10.6 Å². The average Bonchev–Trinajstić information content (AvgIpc) is 3.47. The number of nitrogen functional groups attached to an aromatic ring is 1. The summed E-state index contributed by atoms with van der Waals surface area (Å²) in [7, 11) is 0. The number of benzene rings is 1. The third-order valence-corrected chi connectivity index (χ3v) is 6.26. The smallest absolute Gasteiger partial charge is 0.256 e. The van der Waals surface area contributed by atoms with Crippen LogP contribution in [0, 0.1) is 13.8 Å². The zero-order valence-corrected chi connectivity index (χ0v) is 17.1. The Morgan fingerprint density at radius 2 is 1.93 bits per heavy atom. The van der Waals surface area contributed by atoms with Crippen molar-refractivity contribution >= 4 is 17.2 Å². The maximum Gasteiger partial charge on any atom is 0.256 e. The van der Waals surface area contributed by atoms with Gasteiger partial charge in [-0.25, -0.2) is 9.50 Å². The first-order valence-corrected chi connectivity index (χ1v) is 10.6. The first kappa shape index (κ1) is 18.2. The van der Waals surface area contributed by atoms with Crippen molar-refractivity contribution in [3.63, 3.8) is 0 Å². The van der Waals surface area contributed by atoms with E-state index in [0.717, 1.165) is 48.4 Å². The molecule has 1 saturated carbocycles. The van der Waals surface area contributed by atoms with Crippen LogP contribution in [0.1, 0.15) is 77.1 Å². The Labute approximate surface area is 170 Å². The maximum absolute atomic E-state index is 13.5. The van der Waals surface area contributed by atoms with Crippen LogP contribution in [0.25, 0.3) is 5.65 Å². The fourth-order valence-corrected chi connectivity index (χ4v) is 4.53. The second-order valence-corrected chi connectivity index (χ2v) is 8.49. The van der Waals surface area contributed by atoms with Gasteiger partial charge in [-0.05, 0) is 63.6 Å². The van der Waals surface area contributed by atoms with E-state index in [9.17, 15) is 4.79 Å². The van der Waals surface area contributed by atoms with E-state index < -0.39 is 0 Å². The summed E-state index contributed by atoms with van der Waals surface area (Å²) < 4.78 is 1.92. The number of rotatable bonds is 3. The quantitative estimate of drug-likeness (QED) is 0.682. The Hall–Kier alpha value is -2.89. The second kappa shape index (κ2) is 6.87. The molecule has 1 aliphatic carbocycles. The number of aromatic nitrogens is 3. The van der Waals surface area contributed by atoms with Gasteiger partial charge >= 0.3 is 0 Å². The van der Waals surface area contributed by atoms with E-state index in [1.165, 1.54) is 18.5 Å². The van der Waals surface area contributed by atoms with Crippen molar-refractivity contribution in [2.45, 2.75) is 57.9 Å². The van der Waals surface area contributed by atoms with Crippen molar-refractivity contribution in [3.8, 4) is 0 Å². The zero-order chi connectivity index (χ0) is 20.1. The minimum absolute atomic E-state index is 0.00528. The third-order valence-electron chi connectivity index (χ3n) is 6.26. The molecule has 2 aromatic heterocycles. The Morgan fingerprint density at radius 1 is 1.10 bits per heavy atom. The van der Waals surface area contributed by atoms with Gasteiger partial charge in [0.2, 0.25) is 0 Å². The third kappa shape index (κ3) is 3.16. The van der Waals surface area contributed by atoms with E-state index in [0.29, 0.717) is 17.2 Å². The summed E-state index contributed by atoms with van der Waals surface area (Å²) in [5.74, 6) is 0.611. The van der Waals surface area contributed by atoms with Gasteiger partial charge in [0.1, 0.15) is 0 Å². The number of amides is 1. The molecular weight excluding hydrogens is 362 g/mol. The number of hydrogen-bond donors (Lipinski definition) is 1. The number of piperidine rings is 1. The normalized spacial score (nSPS) is 19.7. The van der Waals surface area contributed by atoms with Crippen LogP contribution < -0.4 is 5.73 Å². The summed E-state index contributed by atoms with van der Waals surface area (Å²) >= 11 is 0. The molecule has 5 rings (SSSR count). The fourth-order valence-electron chi connectivity index (χ4n) is 4.53. The molecule has 6 heteroatoms. The average molecular weight is 390 g/mol. The molecule has 0 spiro atoms. The molecule has 3 heterocycles. The van der Waals surface area contributed by atoms with Crippen LogP contribution in [0.2, 0.25) is 0 Å². The molecule has 1 aromatic carbocycles. The van der Waals surface area contributed by atoms with Crippen molar-refractivity contribution in [3.05, 3.63) is 58.5 Å². The number of fused-ring (bicyclic) bond motifs is 1. The van der Waals surface area contributed by atoms with Gasteiger partial charge in [-0.3, -0.25) is 4.79 Å². The number of carbonyl (C=O) groups excluding carboxylic acids is 1. The summed E-state index contributed by atoms with van der Waals surface area (Å²) in [6, 6.07) is 9.82. The SMILES string of the molecule is Cc1cccc(N)c1C(=O)N1CCCC[C@H]1c1cc2nc(C3CC3)cc(C)n2n1. The highest BCUT2D eigenvalue weighted by atomic mass is 16.2. The molecule has 6 nitrogen and oxygen atoms in total. The summed E-state index contributed by atoms with van der Waals surface area (Å²) in [6.07, 6.45) is 5.46. The standard InChI is InChI=1S/C23H27N5O/c1-14-6-5-7-17(24)22(14)23(29)27-11-4-3-8-20(27)19-13-21-25-18(16-9-10-16)12-15(2)28(21)26-19/h5-7,12-13,16,20H,3-4,8-11,24H2,1-2H3/t20-/m0/s1. The van der Waals surface area contributed by atoms with Crippen molar-refractivity contribution < 1.29 is 4.79 Å². The Kier molecular flexibility index (Phi) is 4.30. The monoisotopic (exact) mass is 389 g/mol. The Morgan fingerprint density at radius 3 is 2.69 bits per heavy atom. The highest BCUT2D eigenvalue weighted by Gasteiger charge is 2.32. The van der Waals surface area contributed by atoms with Crippen LogP contribution in [0.3, 0.4) is 0 Å². The van der Waals surface area contributed by atoms with Gasteiger partial charge in [0, 0.05) is 35.6 Å². The number of anilines is 1. The summed E-state index contributed by atoms with van der Waals surface area (Å²) in [6.45, 7) is 4.75. The largest absolute Gasteiger partial charge is 0.398 e. The number of nitrogens with two attached hydrogens (primary N) is 1. The van der Waals surface area contributed by atoms with Gasteiger partial charge in [-0.15, -0.1) is 0 Å². The first-order chi connectivity index (χ1) is 14.0. The lowest BCUT2D eigenvalue weighted by molar-refractivity contribution is 0.0606. The van der Waals surface area contributed by atoms with E-state index in [-0.39, 0.29) is 11.9 Å². The van der Waals surface area contributed by atoms with Crippen LogP contribution in [0.4, 0.5) is 5.69 Å². The second-order valence-electron chi connectivity index (χ2n) is 8.49. The summed E-state index contributed by atoms with van der Waals surface area (Å²) in [5.41, 5.74) is 12.3. The van der Waals surface area contributed by atoms with Gasteiger partial charge in [-0.2, -0.15) is 5.10 Å². The number of likely N-dealkylation sites (tertiary alicyclic amines) is 1. The van der Waals surface area contributed by atoms with Crippen LogP contribution in [-0.4, -0.2) is 31.9 Å². The lowest BCUT2D eigenvalue weighted by atomic mass is 9.96. The number of carbonyl (C=O) groups is 1. The van der Waals surface area contributed by atoms with E-state index in [1.807, 2.05) is 28.5 Å². The molecule has 1 amide bonds. The minimum Gasteiger partial charge on any atom is -0.398 e. The maximum atomic E-state index is 13.5. The molecule has 2 N–H and O–H groups in total. The summed E-state index contributed by atoms with van der Waals surface area (Å²) in [5, 5.41) is 4.86. The molecule has 150 valence electrons. The van der Waals surface area contributed by atoms with Crippen molar-refractivity contribution in [1.82, 2.24) is 19.5 Å². The van der Waals surface area contributed by atoms with Crippen LogP contribution >= 0.6 is 0 Å². The molecule has 0 radical (unpaired) electrons. The first-order valence-electron chi connectivity index (χ1n) is 10.6. The predicted molar refractivity (Wildman–Crippen MR) is 113 cm³/mol. The molecular formula is C23H27N5O. The van der Waals surface area contributed by atoms with Gasteiger partial charge in [0.15, 0.2) is 5.65 Å². The molecule has 1 saturated heterocycles. The topological polar surface area (TPSA) is 76.5 Å². The van der Waals surface area contributed by atoms with Crippen molar-refractivity contribution in [1.29, 1.82) is 0 Å². The van der Waals surface area contributed by atoms with Crippen LogP contribution in [0.5, 0.6) is 0 Å². The van der Waals surface area contributed by atoms with Crippen molar-refractivity contribution in [2.75, 3.05) is 12.3 Å². The Bertz CT molecular complexity index is 1080. The molecule has 0 unspecified atom stereocenters. The highest BCUT2D eigenvalue weighted by Crippen LogP contribution is 2.40. The van der Waals surface area contributed by atoms with E-state index in [2.05, 4.69) is 19.1 Å². The molecule has 1 atom stereocenters. The lowest BCUT2D eigenvalue weighted by Gasteiger charge is -2.35. The molecule has 1 aliphatic heterocycles. The fraction of sp³-hybridized carbons (Fsp3) is 0.435. The molecule has 2 fully saturated rings. The molecule has 3 aromatic rings. The summed E-state index contributed by atoms with van der Waals surface area (Å²) in [4.78, 5) is 20.3. The molecule has 2 aliphatic rings. The highest BCUT2D eigenvalue weighted by molar-refractivity contribution is 6.00. The lowest BCUT2D eigenvalue weighted by Crippen LogP contribution is -2.39. The van der Waals surface area contributed by atoms with Gasteiger partial charge in [0.05, 0.1) is 17.3 Å². The van der Waals surface area contributed by atoms with Crippen LogP contribution in [-0.2, 0) is 0 Å². The van der Waals surface area contributed by atoms with Gasteiger partial charge in [0.25, 0.3) is 5.91 Å². The van der Waals surface area contributed by atoms with E-state index in [1.54, 1.807) is 6.07 Å². The Balaban J connectivity index is 1.53. The van der Waals surface area contributed by atoms with Crippen molar-refractivity contribution in [2.24, 2.45) is 0 Å². The number of aryl methyl sites for hydroxylation is 2. The van der Waals surface area contributed by atoms with E-state index >= 15 is 0 Å². The number of hydrogen-bond acceptors (Lipinski definition) is 4. The minimum atomic E-state index is -0.0410.